The average Bonchev–Trinajstić information content (AvgIpc) is 2.26. The minimum Gasteiger partial charge on any atom is -0.398 e. The molecule has 0 saturated carbocycles. The molecule has 2 atom stereocenters. The Balaban J connectivity index is 2.93. The van der Waals surface area contributed by atoms with Gasteiger partial charge in [0.2, 0.25) is 0 Å². The number of pyridine rings is 1. The first-order valence-electron chi connectivity index (χ1n) is 5.16. The second kappa shape index (κ2) is 5.68. The summed E-state index contributed by atoms with van der Waals surface area (Å²) in [6.45, 7) is 4.94. The predicted octanol–water partition coefficient (Wildman–Crippen LogP) is 1.35. The number of likely N-dealkylation sites (N-methyl/N-ethyl adjacent to an activating group) is 1. The molecule has 0 aliphatic rings. The predicted molar refractivity (Wildman–Crippen MR) is 61.5 cm³/mol. The van der Waals surface area contributed by atoms with Crippen molar-refractivity contribution in [3.05, 3.63) is 24.0 Å². The standard InChI is InChI=1S/C11H19N3O/c1-4-14-11(8(2)15-3)9-7-13-6-5-10(9)12/h5-8,11,14H,4H2,1-3H3,(H2,12,13). The molecule has 3 N–H and O–H groups in total. The maximum absolute atomic E-state index is 5.91. The molecule has 84 valence electrons. The molecule has 1 rings (SSSR count). The van der Waals surface area contributed by atoms with E-state index in [1.807, 2.05) is 13.0 Å². The molecule has 0 amide bonds. The molecule has 15 heavy (non-hydrogen) atoms. The normalized spacial score (nSPS) is 14.9. The number of rotatable bonds is 5. The van der Waals surface area contributed by atoms with Gasteiger partial charge in [0.25, 0.3) is 0 Å². The monoisotopic (exact) mass is 209 g/mol. The Morgan fingerprint density at radius 3 is 2.87 bits per heavy atom. The minimum absolute atomic E-state index is 0.0662. The first kappa shape index (κ1) is 11.9. The Morgan fingerprint density at radius 2 is 2.33 bits per heavy atom. The van der Waals surface area contributed by atoms with Crippen molar-refractivity contribution >= 4 is 5.69 Å². The van der Waals surface area contributed by atoms with Crippen LogP contribution in [-0.4, -0.2) is 24.7 Å². The van der Waals surface area contributed by atoms with Crippen LogP contribution in [-0.2, 0) is 4.74 Å². The van der Waals surface area contributed by atoms with Crippen molar-refractivity contribution in [1.82, 2.24) is 10.3 Å². The fraction of sp³-hybridized carbons (Fsp3) is 0.545. The SMILES string of the molecule is CCNC(c1cnccc1N)C(C)OC. The topological polar surface area (TPSA) is 60.2 Å². The number of nitrogen functional groups attached to an aromatic ring is 1. The van der Waals surface area contributed by atoms with Crippen LogP contribution < -0.4 is 11.1 Å². The summed E-state index contributed by atoms with van der Waals surface area (Å²) in [6.07, 6.45) is 3.55. The summed E-state index contributed by atoms with van der Waals surface area (Å²) in [5.41, 5.74) is 7.65. The number of methoxy groups -OCH3 is 1. The van der Waals surface area contributed by atoms with Gasteiger partial charge in [-0.25, -0.2) is 0 Å². The number of nitrogens with zero attached hydrogens (tertiary/aromatic N) is 1. The fourth-order valence-electron chi connectivity index (χ4n) is 1.56. The zero-order valence-electron chi connectivity index (χ0n) is 9.53. The van der Waals surface area contributed by atoms with Gasteiger partial charge in [-0.1, -0.05) is 6.92 Å². The molecule has 2 unspecified atom stereocenters. The molecule has 0 aliphatic carbocycles. The summed E-state index contributed by atoms with van der Waals surface area (Å²) < 4.78 is 5.33. The smallest absolute Gasteiger partial charge is 0.0739 e. The molecule has 0 fully saturated rings. The Bertz CT molecular complexity index is 304. The number of aromatic nitrogens is 1. The van der Waals surface area contributed by atoms with Crippen LogP contribution in [0.15, 0.2) is 18.5 Å². The molecule has 4 nitrogen and oxygen atoms in total. The summed E-state index contributed by atoms with van der Waals surface area (Å²) in [5, 5.41) is 3.35. The molecule has 0 aliphatic heterocycles. The Labute approximate surface area is 90.8 Å². The lowest BCUT2D eigenvalue weighted by atomic mass is 10.0. The van der Waals surface area contributed by atoms with E-state index in [1.165, 1.54) is 0 Å². The third-order valence-corrected chi connectivity index (χ3v) is 2.49. The number of ether oxygens (including phenoxy) is 1. The number of anilines is 1. The lowest BCUT2D eigenvalue weighted by molar-refractivity contribution is 0.0837. The minimum atomic E-state index is 0.0662. The molecule has 1 aromatic heterocycles. The van der Waals surface area contributed by atoms with Crippen LogP contribution in [0.2, 0.25) is 0 Å². The largest absolute Gasteiger partial charge is 0.398 e. The van der Waals surface area contributed by atoms with Crippen molar-refractivity contribution in [3.8, 4) is 0 Å². The van der Waals surface area contributed by atoms with Gasteiger partial charge in [-0.15, -0.1) is 0 Å². The Morgan fingerprint density at radius 1 is 1.60 bits per heavy atom. The third-order valence-electron chi connectivity index (χ3n) is 2.49. The zero-order valence-corrected chi connectivity index (χ0v) is 9.53. The van der Waals surface area contributed by atoms with Crippen molar-refractivity contribution in [1.29, 1.82) is 0 Å². The van der Waals surface area contributed by atoms with E-state index in [9.17, 15) is 0 Å². The molecular weight excluding hydrogens is 190 g/mol. The van der Waals surface area contributed by atoms with Crippen molar-refractivity contribution in [2.75, 3.05) is 19.4 Å². The van der Waals surface area contributed by atoms with Crippen LogP contribution in [0.4, 0.5) is 5.69 Å². The van der Waals surface area contributed by atoms with Gasteiger partial charge in [0.1, 0.15) is 0 Å². The van der Waals surface area contributed by atoms with Gasteiger partial charge in [-0.3, -0.25) is 4.98 Å². The highest BCUT2D eigenvalue weighted by molar-refractivity contribution is 5.46. The van der Waals surface area contributed by atoms with E-state index in [2.05, 4.69) is 17.2 Å². The van der Waals surface area contributed by atoms with Gasteiger partial charge in [-0.05, 0) is 19.5 Å². The fourth-order valence-corrected chi connectivity index (χ4v) is 1.56. The van der Waals surface area contributed by atoms with Crippen LogP contribution in [0.1, 0.15) is 25.5 Å². The van der Waals surface area contributed by atoms with Crippen molar-refractivity contribution in [3.63, 3.8) is 0 Å². The summed E-state index contributed by atoms with van der Waals surface area (Å²) in [7, 11) is 1.70. The summed E-state index contributed by atoms with van der Waals surface area (Å²) >= 11 is 0. The van der Waals surface area contributed by atoms with E-state index in [0.29, 0.717) is 0 Å². The zero-order chi connectivity index (χ0) is 11.3. The highest BCUT2D eigenvalue weighted by Crippen LogP contribution is 2.23. The van der Waals surface area contributed by atoms with Crippen molar-refractivity contribution < 1.29 is 4.74 Å². The van der Waals surface area contributed by atoms with E-state index < -0.39 is 0 Å². The van der Waals surface area contributed by atoms with Crippen LogP contribution in [0.25, 0.3) is 0 Å². The molecular formula is C11H19N3O. The summed E-state index contributed by atoms with van der Waals surface area (Å²) in [6, 6.07) is 1.90. The van der Waals surface area contributed by atoms with E-state index in [1.54, 1.807) is 19.5 Å². The maximum atomic E-state index is 5.91. The van der Waals surface area contributed by atoms with Crippen LogP contribution in [0, 0.1) is 0 Å². The summed E-state index contributed by atoms with van der Waals surface area (Å²) in [4.78, 5) is 4.09. The highest BCUT2D eigenvalue weighted by atomic mass is 16.5. The second-order valence-electron chi connectivity index (χ2n) is 3.48. The third kappa shape index (κ3) is 2.91. The van der Waals surface area contributed by atoms with Crippen LogP contribution >= 0.6 is 0 Å². The molecule has 0 radical (unpaired) electrons. The molecule has 0 bridgehead atoms. The van der Waals surface area contributed by atoms with Gasteiger partial charge in [0.15, 0.2) is 0 Å². The molecule has 1 heterocycles. The number of nitrogens with one attached hydrogen (secondary N) is 1. The number of nitrogens with two attached hydrogens (primary N) is 1. The Hall–Kier alpha value is -1.13. The van der Waals surface area contributed by atoms with Gasteiger partial charge >= 0.3 is 0 Å². The first-order valence-corrected chi connectivity index (χ1v) is 5.16. The lowest BCUT2D eigenvalue weighted by Crippen LogP contribution is -2.32. The highest BCUT2D eigenvalue weighted by Gasteiger charge is 2.19. The second-order valence-corrected chi connectivity index (χ2v) is 3.48. The average molecular weight is 209 g/mol. The van der Waals surface area contributed by atoms with E-state index in [-0.39, 0.29) is 12.1 Å². The molecule has 4 heteroatoms. The van der Waals surface area contributed by atoms with Gasteiger partial charge in [0.05, 0.1) is 12.1 Å². The molecule has 1 aromatic rings. The van der Waals surface area contributed by atoms with Crippen molar-refractivity contribution in [2.24, 2.45) is 0 Å². The summed E-state index contributed by atoms with van der Waals surface area (Å²) in [5.74, 6) is 0. The van der Waals surface area contributed by atoms with E-state index in [0.717, 1.165) is 17.8 Å². The van der Waals surface area contributed by atoms with E-state index in [4.69, 9.17) is 10.5 Å². The van der Waals surface area contributed by atoms with Crippen LogP contribution in [0.3, 0.4) is 0 Å². The molecule has 0 aromatic carbocycles. The Kier molecular flexibility index (Phi) is 4.52. The van der Waals surface area contributed by atoms with E-state index >= 15 is 0 Å². The number of hydrogen-bond donors (Lipinski definition) is 2. The van der Waals surface area contributed by atoms with Gasteiger partial charge in [0, 0.05) is 30.8 Å². The molecule has 0 spiro atoms. The number of hydrogen-bond acceptors (Lipinski definition) is 4. The van der Waals surface area contributed by atoms with Crippen LogP contribution in [0.5, 0.6) is 0 Å². The quantitative estimate of drug-likeness (QED) is 0.768. The van der Waals surface area contributed by atoms with Gasteiger partial charge in [-0.2, -0.15) is 0 Å². The van der Waals surface area contributed by atoms with Crippen molar-refractivity contribution in [2.45, 2.75) is 26.0 Å². The van der Waals surface area contributed by atoms with Gasteiger partial charge < -0.3 is 15.8 Å². The molecule has 0 saturated heterocycles. The lowest BCUT2D eigenvalue weighted by Gasteiger charge is -2.24. The maximum Gasteiger partial charge on any atom is 0.0739 e. The first-order chi connectivity index (χ1) is 7.20.